The number of nitrogens with zero attached hydrogens (tertiary/aromatic N) is 3. The number of likely N-dealkylation sites (N-methyl/N-ethyl adjacent to an activating group) is 2. The number of carbonyl (C=O) groups excluding carboxylic acids is 3. The fraction of sp³-hybridized carbons (Fsp3) is 0.775. The summed E-state index contributed by atoms with van der Waals surface area (Å²) in [5.74, 6) is -0.195. The van der Waals surface area contributed by atoms with Crippen LogP contribution >= 0.6 is 0 Å². The predicted molar refractivity (Wildman–Crippen MR) is 204 cm³/mol. The molecule has 3 rings (SSSR count). The lowest BCUT2D eigenvalue weighted by atomic mass is 9.89. The van der Waals surface area contributed by atoms with Crippen LogP contribution in [0.2, 0.25) is 0 Å². The maximum atomic E-state index is 14.3. The molecular formula is C40H70N6O5. The number of likely N-dealkylation sites (tertiary alicyclic amines) is 2. The number of nitrogens with two attached hydrogens (primary N) is 1. The zero-order chi connectivity index (χ0) is 37.9. The van der Waals surface area contributed by atoms with E-state index < -0.39 is 17.7 Å². The van der Waals surface area contributed by atoms with Crippen LogP contribution in [-0.4, -0.2) is 129 Å². The molecule has 0 aliphatic carbocycles. The minimum absolute atomic E-state index is 0.00975. The van der Waals surface area contributed by atoms with Crippen molar-refractivity contribution in [2.45, 2.75) is 128 Å². The molecule has 2 aliphatic rings. The van der Waals surface area contributed by atoms with E-state index in [1.165, 1.54) is 5.56 Å². The van der Waals surface area contributed by atoms with Gasteiger partial charge in [-0.25, -0.2) is 0 Å². The van der Waals surface area contributed by atoms with Gasteiger partial charge in [-0.05, 0) is 75.9 Å². The molecule has 1 aromatic rings. The standard InChI is InChI=1S/C40H70N6O5/c1-11-28(4)36(45(8)38(48)35(27(2)3)43-39(49)40(6)20-16-21-44(40)7)33(50-9)24-34(47)46-22-15-19-32(46)37(51-10)29(5)26-42-31(25-41)23-30-17-13-12-14-18-30/h12-14,17-18,27-29,31-33,35-37,42H,11,15-16,19-26,41H2,1-10H3,(H,43,49). The van der Waals surface area contributed by atoms with Gasteiger partial charge in [-0.15, -0.1) is 0 Å². The molecule has 0 bridgehead atoms. The number of amides is 3. The normalized spacial score (nSPS) is 23.8. The van der Waals surface area contributed by atoms with Gasteiger partial charge in [0.2, 0.25) is 17.7 Å². The Labute approximate surface area is 308 Å². The SMILES string of the molecule is CCC(C)C(C(CC(=O)N1CCCC1C(OC)C(C)CNC(CN)Cc1ccccc1)OC)N(C)C(=O)C(NC(=O)C1(C)CCCN1C)C(C)C. The second-order valence-electron chi connectivity index (χ2n) is 15.8. The Bertz CT molecular complexity index is 1230. The van der Waals surface area contributed by atoms with E-state index >= 15 is 0 Å². The third-order valence-corrected chi connectivity index (χ3v) is 12.0. The van der Waals surface area contributed by atoms with Crippen LogP contribution < -0.4 is 16.4 Å². The molecule has 9 unspecified atom stereocenters. The van der Waals surface area contributed by atoms with Gasteiger partial charge in [-0.1, -0.05) is 71.4 Å². The van der Waals surface area contributed by atoms with Crippen LogP contribution in [0.1, 0.15) is 85.6 Å². The van der Waals surface area contributed by atoms with Crippen LogP contribution in [0.5, 0.6) is 0 Å². The van der Waals surface area contributed by atoms with Crippen molar-refractivity contribution >= 4 is 17.7 Å². The van der Waals surface area contributed by atoms with Gasteiger partial charge in [0.1, 0.15) is 6.04 Å². The van der Waals surface area contributed by atoms with E-state index in [9.17, 15) is 14.4 Å². The first kappa shape index (κ1) is 42.8. The number of nitrogens with one attached hydrogen (secondary N) is 2. The minimum Gasteiger partial charge on any atom is -0.379 e. The number of methoxy groups -OCH3 is 2. The lowest BCUT2D eigenvalue weighted by molar-refractivity contribution is -0.147. The van der Waals surface area contributed by atoms with E-state index in [0.29, 0.717) is 13.1 Å². The van der Waals surface area contributed by atoms with E-state index in [0.717, 1.165) is 51.6 Å². The van der Waals surface area contributed by atoms with Gasteiger partial charge in [-0.3, -0.25) is 19.3 Å². The average molecular weight is 715 g/mol. The molecule has 2 heterocycles. The minimum atomic E-state index is -0.694. The van der Waals surface area contributed by atoms with Gasteiger partial charge in [0.15, 0.2) is 0 Å². The lowest BCUT2D eigenvalue weighted by Crippen LogP contribution is -2.61. The molecule has 2 aliphatic heterocycles. The molecule has 0 saturated carbocycles. The largest absolute Gasteiger partial charge is 0.379 e. The second-order valence-corrected chi connectivity index (χ2v) is 15.8. The summed E-state index contributed by atoms with van der Waals surface area (Å²) in [5, 5.41) is 6.77. The second kappa shape index (κ2) is 20.0. The number of hydrogen-bond acceptors (Lipinski definition) is 8. The number of ether oxygens (including phenoxy) is 2. The van der Waals surface area contributed by atoms with Crippen molar-refractivity contribution in [3.05, 3.63) is 35.9 Å². The highest BCUT2D eigenvalue weighted by Gasteiger charge is 2.45. The number of carbonyl (C=O) groups is 3. The quantitative estimate of drug-likeness (QED) is 0.187. The zero-order valence-electron chi connectivity index (χ0n) is 33.3. The predicted octanol–water partition coefficient (Wildman–Crippen LogP) is 3.69. The highest BCUT2D eigenvalue weighted by atomic mass is 16.5. The van der Waals surface area contributed by atoms with Crippen LogP contribution in [0.25, 0.3) is 0 Å². The topological polar surface area (TPSA) is 129 Å². The van der Waals surface area contributed by atoms with Crippen molar-refractivity contribution in [1.82, 2.24) is 25.3 Å². The molecule has 0 aromatic heterocycles. The van der Waals surface area contributed by atoms with Crippen molar-refractivity contribution in [3.8, 4) is 0 Å². The number of benzene rings is 1. The molecule has 2 fully saturated rings. The van der Waals surface area contributed by atoms with E-state index in [4.69, 9.17) is 15.2 Å². The van der Waals surface area contributed by atoms with Crippen LogP contribution in [0.15, 0.2) is 30.3 Å². The van der Waals surface area contributed by atoms with Crippen molar-refractivity contribution in [3.63, 3.8) is 0 Å². The molecule has 290 valence electrons. The molecule has 2 saturated heterocycles. The summed E-state index contributed by atoms with van der Waals surface area (Å²) in [7, 11) is 7.12. The van der Waals surface area contributed by atoms with Gasteiger partial charge < -0.3 is 35.6 Å². The van der Waals surface area contributed by atoms with Crippen LogP contribution in [-0.2, 0) is 30.3 Å². The van der Waals surface area contributed by atoms with Crippen LogP contribution in [0, 0.1) is 17.8 Å². The first-order valence-corrected chi connectivity index (χ1v) is 19.3. The third kappa shape index (κ3) is 10.7. The van der Waals surface area contributed by atoms with Gasteiger partial charge in [0.25, 0.3) is 0 Å². The molecule has 51 heavy (non-hydrogen) atoms. The first-order chi connectivity index (χ1) is 24.2. The maximum absolute atomic E-state index is 14.3. The first-order valence-electron chi connectivity index (χ1n) is 19.3. The average Bonchev–Trinajstić information content (AvgIpc) is 3.75. The highest BCUT2D eigenvalue weighted by molar-refractivity contribution is 5.92. The van der Waals surface area contributed by atoms with Crippen LogP contribution in [0.4, 0.5) is 0 Å². The highest BCUT2D eigenvalue weighted by Crippen LogP contribution is 2.31. The Hall–Kier alpha value is -2.57. The Kier molecular flexibility index (Phi) is 16.8. The van der Waals surface area contributed by atoms with Crippen molar-refractivity contribution in [1.29, 1.82) is 0 Å². The van der Waals surface area contributed by atoms with Gasteiger partial charge in [0, 0.05) is 46.9 Å². The van der Waals surface area contributed by atoms with Gasteiger partial charge in [0.05, 0.1) is 36.3 Å². The van der Waals surface area contributed by atoms with Crippen molar-refractivity contribution in [2.75, 3.05) is 54.5 Å². The molecule has 0 spiro atoms. The molecular weight excluding hydrogens is 644 g/mol. The molecule has 3 amide bonds. The molecule has 1 aromatic carbocycles. The van der Waals surface area contributed by atoms with E-state index in [1.54, 1.807) is 26.2 Å². The Morgan fingerprint density at radius 3 is 2.27 bits per heavy atom. The molecule has 11 heteroatoms. The van der Waals surface area contributed by atoms with E-state index in [-0.39, 0.29) is 66.1 Å². The smallest absolute Gasteiger partial charge is 0.245 e. The van der Waals surface area contributed by atoms with Gasteiger partial charge in [-0.2, -0.15) is 0 Å². The van der Waals surface area contributed by atoms with Gasteiger partial charge >= 0.3 is 0 Å². The summed E-state index contributed by atoms with van der Waals surface area (Å²) in [6, 6.07) is 9.39. The summed E-state index contributed by atoms with van der Waals surface area (Å²) in [6.45, 7) is 15.0. The van der Waals surface area contributed by atoms with Crippen molar-refractivity contribution in [2.24, 2.45) is 23.5 Å². The number of hydrogen-bond donors (Lipinski definition) is 3. The van der Waals surface area contributed by atoms with Crippen LogP contribution in [0.3, 0.4) is 0 Å². The monoisotopic (exact) mass is 715 g/mol. The Balaban J connectivity index is 1.72. The Morgan fingerprint density at radius 1 is 1.04 bits per heavy atom. The van der Waals surface area contributed by atoms with Crippen molar-refractivity contribution < 1.29 is 23.9 Å². The number of rotatable bonds is 20. The summed E-state index contributed by atoms with van der Waals surface area (Å²) >= 11 is 0. The van der Waals surface area contributed by atoms with E-state index in [2.05, 4.69) is 48.4 Å². The lowest BCUT2D eigenvalue weighted by Gasteiger charge is -2.41. The summed E-state index contributed by atoms with van der Waals surface area (Å²) in [4.78, 5) is 47.8. The fourth-order valence-corrected chi connectivity index (χ4v) is 8.25. The summed E-state index contributed by atoms with van der Waals surface area (Å²) in [5.41, 5.74) is 6.74. The van der Waals surface area contributed by atoms with E-state index in [1.807, 2.05) is 50.9 Å². The Morgan fingerprint density at radius 2 is 1.73 bits per heavy atom. The molecule has 9 atom stereocenters. The fourth-order valence-electron chi connectivity index (χ4n) is 8.25. The summed E-state index contributed by atoms with van der Waals surface area (Å²) < 4.78 is 12.2. The third-order valence-electron chi connectivity index (χ3n) is 12.0. The summed E-state index contributed by atoms with van der Waals surface area (Å²) in [6.07, 6.45) is 4.61. The maximum Gasteiger partial charge on any atom is 0.245 e. The molecule has 4 N–H and O–H groups in total. The molecule has 0 radical (unpaired) electrons. The zero-order valence-corrected chi connectivity index (χ0v) is 33.3. The molecule has 11 nitrogen and oxygen atoms in total.